The van der Waals surface area contributed by atoms with Crippen molar-refractivity contribution in [3.63, 3.8) is 0 Å². The van der Waals surface area contributed by atoms with E-state index in [1.54, 1.807) is 0 Å². The molecule has 0 saturated carbocycles. The Balaban J connectivity index is 1.99. The third-order valence-electron chi connectivity index (χ3n) is 2.77. The molecule has 0 fully saturated rings. The second-order valence-electron chi connectivity index (χ2n) is 4.16. The number of Topliss-reactive ketones (excluding diaryl/α,β-unsaturated/α-hetero) is 1. The average molecular weight is 228 g/mol. The van der Waals surface area contributed by atoms with Gasteiger partial charge in [0.1, 0.15) is 5.82 Å². The smallest absolute Gasteiger partial charge is 0.164 e. The Morgan fingerprint density at radius 2 is 1.94 bits per heavy atom. The molecule has 1 aromatic heterocycles. The van der Waals surface area contributed by atoms with Crippen LogP contribution in [0.15, 0.2) is 36.5 Å². The number of imidazole rings is 1. The minimum absolute atomic E-state index is 0.177. The summed E-state index contributed by atoms with van der Waals surface area (Å²) in [6.07, 6.45) is 2.49. The van der Waals surface area contributed by atoms with Gasteiger partial charge in [0.05, 0.1) is 5.69 Å². The highest BCUT2D eigenvalue weighted by molar-refractivity contribution is 5.95. The molecule has 17 heavy (non-hydrogen) atoms. The molecule has 2 aromatic rings. The normalized spacial score (nSPS) is 10.5. The third-order valence-corrected chi connectivity index (χ3v) is 2.77. The Hall–Kier alpha value is -1.90. The van der Waals surface area contributed by atoms with Crippen molar-refractivity contribution < 1.29 is 4.79 Å². The molecular weight excluding hydrogens is 212 g/mol. The second kappa shape index (κ2) is 4.95. The van der Waals surface area contributed by atoms with Crippen molar-refractivity contribution in [2.45, 2.75) is 26.8 Å². The largest absolute Gasteiger partial charge is 0.334 e. The summed E-state index contributed by atoms with van der Waals surface area (Å²) < 4.78 is 2.02. The van der Waals surface area contributed by atoms with Gasteiger partial charge in [0, 0.05) is 24.7 Å². The van der Waals surface area contributed by atoms with Crippen LogP contribution in [0.1, 0.15) is 28.3 Å². The van der Waals surface area contributed by atoms with Crippen LogP contribution < -0.4 is 0 Å². The first-order valence-electron chi connectivity index (χ1n) is 5.75. The fourth-order valence-electron chi connectivity index (χ4n) is 1.88. The fourth-order valence-corrected chi connectivity index (χ4v) is 1.88. The summed E-state index contributed by atoms with van der Waals surface area (Å²) in [5.41, 5.74) is 1.77. The highest BCUT2D eigenvalue weighted by atomic mass is 16.1. The van der Waals surface area contributed by atoms with Crippen LogP contribution in [0.4, 0.5) is 0 Å². The van der Waals surface area contributed by atoms with Crippen LogP contribution in [0.25, 0.3) is 0 Å². The molecule has 0 aliphatic heterocycles. The lowest BCUT2D eigenvalue weighted by molar-refractivity contribution is 0.0977. The number of nitrogens with zero attached hydrogens (tertiary/aromatic N) is 2. The van der Waals surface area contributed by atoms with E-state index in [9.17, 15) is 4.79 Å². The minimum atomic E-state index is 0.177. The summed E-state index contributed by atoms with van der Waals surface area (Å²) in [4.78, 5) is 16.2. The van der Waals surface area contributed by atoms with E-state index < -0.39 is 0 Å². The summed E-state index contributed by atoms with van der Waals surface area (Å²) in [5, 5.41) is 0. The van der Waals surface area contributed by atoms with Gasteiger partial charge in [0.2, 0.25) is 0 Å². The van der Waals surface area contributed by atoms with Crippen LogP contribution in [0.3, 0.4) is 0 Å². The zero-order valence-corrected chi connectivity index (χ0v) is 10.2. The highest BCUT2D eigenvalue weighted by Gasteiger charge is 2.06. The summed E-state index contributed by atoms with van der Waals surface area (Å²) in [5.74, 6) is 1.14. The van der Waals surface area contributed by atoms with E-state index in [1.165, 1.54) is 0 Å². The van der Waals surface area contributed by atoms with E-state index in [-0.39, 0.29) is 5.78 Å². The molecule has 1 heterocycles. The summed E-state index contributed by atoms with van der Waals surface area (Å²) in [7, 11) is 0. The van der Waals surface area contributed by atoms with Gasteiger partial charge in [-0.3, -0.25) is 4.79 Å². The van der Waals surface area contributed by atoms with Crippen LogP contribution in [-0.4, -0.2) is 15.3 Å². The molecule has 0 amide bonds. The molecule has 3 nitrogen and oxygen atoms in total. The van der Waals surface area contributed by atoms with E-state index in [1.807, 2.05) is 54.9 Å². The molecule has 0 atom stereocenters. The Labute approximate surface area is 101 Å². The van der Waals surface area contributed by atoms with E-state index in [4.69, 9.17) is 0 Å². The maximum Gasteiger partial charge on any atom is 0.164 e. The van der Waals surface area contributed by atoms with Gasteiger partial charge >= 0.3 is 0 Å². The maximum atomic E-state index is 11.9. The van der Waals surface area contributed by atoms with Crippen molar-refractivity contribution in [3.05, 3.63) is 53.6 Å². The molecule has 0 saturated heterocycles. The van der Waals surface area contributed by atoms with Crippen molar-refractivity contribution in [3.8, 4) is 0 Å². The monoisotopic (exact) mass is 228 g/mol. The van der Waals surface area contributed by atoms with Crippen LogP contribution >= 0.6 is 0 Å². The number of benzene rings is 1. The Morgan fingerprint density at radius 3 is 2.53 bits per heavy atom. The lowest BCUT2D eigenvalue weighted by atomic mass is 10.1. The number of carbonyl (C=O) groups excluding carboxylic acids is 1. The van der Waals surface area contributed by atoms with Crippen molar-refractivity contribution in [1.82, 2.24) is 9.55 Å². The molecule has 0 aliphatic rings. The zero-order valence-electron chi connectivity index (χ0n) is 10.2. The van der Waals surface area contributed by atoms with Crippen LogP contribution in [0.2, 0.25) is 0 Å². The average Bonchev–Trinajstić information content (AvgIpc) is 2.66. The molecule has 88 valence electrons. The molecule has 0 N–H and O–H groups in total. The third kappa shape index (κ3) is 2.81. The molecule has 0 aliphatic carbocycles. The van der Waals surface area contributed by atoms with Crippen molar-refractivity contribution in [2.24, 2.45) is 0 Å². The van der Waals surface area contributed by atoms with Gasteiger partial charge in [0.15, 0.2) is 5.78 Å². The van der Waals surface area contributed by atoms with Gasteiger partial charge in [-0.25, -0.2) is 4.98 Å². The number of aryl methyl sites for hydroxylation is 3. The Bertz CT molecular complexity index is 514. The van der Waals surface area contributed by atoms with Crippen LogP contribution in [-0.2, 0) is 6.54 Å². The Kier molecular flexibility index (Phi) is 3.38. The predicted octanol–water partition coefficient (Wildman–Crippen LogP) is 2.77. The maximum absolute atomic E-state index is 11.9. The van der Waals surface area contributed by atoms with Gasteiger partial charge in [-0.2, -0.15) is 0 Å². The van der Waals surface area contributed by atoms with Crippen LogP contribution in [0, 0.1) is 13.8 Å². The predicted molar refractivity (Wildman–Crippen MR) is 67.1 cm³/mol. The number of carbonyl (C=O) groups is 1. The van der Waals surface area contributed by atoms with E-state index in [0.717, 1.165) is 17.1 Å². The van der Waals surface area contributed by atoms with Crippen molar-refractivity contribution in [2.75, 3.05) is 0 Å². The lowest BCUT2D eigenvalue weighted by Crippen LogP contribution is -2.06. The topological polar surface area (TPSA) is 34.9 Å². The second-order valence-corrected chi connectivity index (χ2v) is 4.16. The first kappa shape index (κ1) is 11.6. The fraction of sp³-hybridized carbons (Fsp3) is 0.286. The van der Waals surface area contributed by atoms with Crippen molar-refractivity contribution in [1.29, 1.82) is 0 Å². The number of hydrogen-bond donors (Lipinski definition) is 0. The summed E-state index contributed by atoms with van der Waals surface area (Å²) in [6.45, 7) is 4.61. The SMILES string of the molecule is Cc1cn(CCC(=O)c2ccccc2)c(C)n1. The van der Waals surface area contributed by atoms with E-state index >= 15 is 0 Å². The Morgan fingerprint density at radius 1 is 1.24 bits per heavy atom. The number of ketones is 1. The number of hydrogen-bond acceptors (Lipinski definition) is 2. The molecule has 0 bridgehead atoms. The molecule has 0 unspecified atom stereocenters. The minimum Gasteiger partial charge on any atom is -0.334 e. The zero-order chi connectivity index (χ0) is 12.3. The highest BCUT2D eigenvalue weighted by Crippen LogP contribution is 2.07. The van der Waals surface area contributed by atoms with Gasteiger partial charge < -0.3 is 4.57 Å². The first-order chi connectivity index (χ1) is 8.16. The molecule has 3 heteroatoms. The van der Waals surface area contributed by atoms with Gasteiger partial charge in [0.25, 0.3) is 0 Å². The summed E-state index contributed by atoms with van der Waals surface area (Å²) in [6, 6.07) is 9.41. The van der Waals surface area contributed by atoms with Gasteiger partial charge in [-0.15, -0.1) is 0 Å². The molecule has 1 aromatic carbocycles. The van der Waals surface area contributed by atoms with Crippen molar-refractivity contribution >= 4 is 5.78 Å². The first-order valence-corrected chi connectivity index (χ1v) is 5.75. The summed E-state index contributed by atoms with van der Waals surface area (Å²) >= 11 is 0. The van der Waals surface area contributed by atoms with Gasteiger partial charge in [-0.05, 0) is 13.8 Å². The number of aromatic nitrogens is 2. The molecule has 0 radical (unpaired) electrons. The lowest BCUT2D eigenvalue weighted by Gasteiger charge is -2.04. The molecule has 2 rings (SSSR count). The van der Waals surface area contributed by atoms with E-state index in [2.05, 4.69) is 4.98 Å². The van der Waals surface area contributed by atoms with Crippen LogP contribution in [0.5, 0.6) is 0 Å². The molecule has 0 spiro atoms. The number of rotatable bonds is 4. The quantitative estimate of drug-likeness (QED) is 0.754. The van der Waals surface area contributed by atoms with E-state index in [0.29, 0.717) is 13.0 Å². The standard InChI is InChI=1S/C14H16N2O/c1-11-10-16(12(2)15-11)9-8-14(17)13-6-4-3-5-7-13/h3-7,10H,8-9H2,1-2H3. The van der Waals surface area contributed by atoms with Gasteiger partial charge in [-0.1, -0.05) is 30.3 Å². The molecular formula is C14H16N2O.